The third-order valence-electron chi connectivity index (χ3n) is 3.00. The lowest BCUT2D eigenvalue weighted by atomic mass is 10.1. The average molecular weight is 284 g/mol. The standard InChI is InChI=1S/C16H16N2O3/c1-19-13-4-5-14(18)16(8-13)21-10-11-3-6-15(20-2)12(7-11)9-17/h3-8H,10,18H2,1-2H3. The molecule has 0 spiro atoms. The molecule has 21 heavy (non-hydrogen) atoms. The minimum absolute atomic E-state index is 0.302. The number of hydrogen-bond donors (Lipinski definition) is 1. The van der Waals surface area contributed by atoms with Gasteiger partial charge in [-0.1, -0.05) is 6.07 Å². The summed E-state index contributed by atoms with van der Waals surface area (Å²) in [6.07, 6.45) is 0. The number of rotatable bonds is 5. The van der Waals surface area contributed by atoms with Crippen LogP contribution in [0, 0.1) is 11.3 Å². The van der Waals surface area contributed by atoms with E-state index in [0.717, 1.165) is 5.56 Å². The van der Waals surface area contributed by atoms with Gasteiger partial charge in [-0.2, -0.15) is 5.26 Å². The Kier molecular flexibility index (Phi) is 4.52. The summed E-state index contributed by atoms with van der Waals surface area (Å²) < 4.78 is 15.9. The van der Waals surface area contributed by atoms with E-state index in [0.29, 0.717) is 35.1 Å². The first-order valence-corrected chi connectivity index (χ1v) is 6.31. The van der Waals surface area contributed by atoms with Crippen LogP contribution in [0.25, 0.3) is 0 Å². The molecule has 2 aromatic carbocycles. The Labute approximate surface area is 123 Å². The van der Waals surface area contributed by atoms with Crippen molar-refractivity contribution in [1.29, 1.82) is 5.26 Å². The molecule has 108 valence electrons. The smallest absolute Gasteiger partial charge is 0.146 e. The van der Waals surface area contributed by atoms with Gasteiger partial charge < -0.3 is 19.9 Å². The first-order chi connectivity index (χ1) is 10.2. The van der Waals surface area contributed by atoms with Gasteiger partial charge in [0.25, 0.3) is 0 Å². The molecule has 0 saturated carbocycles. The predicted molar refractivity (Wildman–Crippen MR) is 79.4 cm³/mol. The fourth-order valence-corrected chi connectivity index (χ4v) is 1.86. The van der Waals surface area contributed by atoms with Gasteiger partial charge >= 0.3 is 0 Å². The van der Waals surface area contributed by atoms with E-state index in [4.69, 9.17) is 25.2 Å². The Morgan fingerprint density at radius 3 is 2.52 bits per heavy atom. The highest BCUT2D eigenvalue weighted by molar-refractivity contribution is 5.55. The maximum atomic E-state index is 9.06. The van der Waals surface area contributed by atoms with Crippen molar-refractivity contribution in [1.82, 2.24) is 0 Å². The lowest BCUT2D eigenvalue weighted by molar-refractivity contribution is 0.305. The molecule has 0 fully saturated rings. The van der Waals surface area contributed by atoms with Gasteiger partial charge in [0.05, 0.1) is 25.5 Å². The molecule has 0 aromatic heterocycles. The van der Waals surface area contributed by atoms with Gasteiger partial charge in [0.1, 0.15) is 29.9 Å². The van der Waals surface area contributed by atoms with Crippen LogP contribution >= 0.6 is 0 Å². The van der Waals surface area contributed by atoms with Crippen molar-refractivity contribution in [2.24, 2.45) is 0 Å². The van der Waals surface area contributed by atoms with Crippen molar-refractivity contribution in [2.75, 3.05) is 20.0 Å². The number of nitrogens with two attached hydrogens (primary N) is 1. The summed E-state index contributed by atoms with van der Waals surface area (Å²) in [7, 11) is 3.11. The van der Waals surface area contributed by atoms with Crippen molar-refractivity contribution >= 4 is 5.69 Å². The van der Waals surface area contributed by atoms with Crippen molar-refractivity contribution in [3.63, 3.8) is 0 Å². The molecule has 0 aliphatic heterocycles. The normalized spacial score (nSPS) is 9.76. The first kappa shape index (κ1) is 14.5. The SMILES string of the molecule is COc1ccc(N)c(OCc2ccc(OC)c(C#N)c2)c1. The summed E-state index contributed by atoms with van der Waals surface area (Å²) in [6, 6.07) is 12.6. The second-order valence-corrected chi connectivity index (χ2v) is 4.34. The van der Waals surface area contributed by atoms with Gasteiger partial charge in [0, 0.05) is 6.07 Å². The zero-order chi connectivity index (χ0) is 15.2. The molecule has 0 heterocycles. The summed E-state index contributed by atoms with van der Waals surface area (Å²) in [4.78, 5) is 0. The quantitative estimate of drug-likeness (QED) is 0.854. The van der Waals surface area contributed by atoms with Gasteiger partial charge in [-0.15, -0.1) is 0 Å². The minimum atomic E-state index is 0.302. The van der Waals surface area contributed by atoms with Crippen molar-refractivity contribution < 1.29 is 14.2 Å². The van der Waals surface area contributed by atoms with Gasteiger partial charge in [-0.3, -0.25) is 0 Å². The van der Waals surface area contributed by atoms with E-state index in [2.05, 4.69) is 6.07 Å². The van der Waals surface area contributed by atoms with E-state index in [1.54, 1.807) is 37.4 Å². The molecule has 0 saturated heterocycles. The maximum absolute atomic E-state index is 9.06. The van der Waals surface area contributed by atoms with Crippen LogP contribution < -0.4 is 19.9 Å². The summed E-state index contributed by atoms with van der Waals surface area (Å²) in [5.41, 5.74) is 7.72. The highest BCUT2D eigenvalue weighted by atomic mass is 16.5. The van der Waals surface area contributed by atoms with Crippen LogP contribution in [-0.4, -0.2) is 14.2 Å². The molecule has 5 nitrogen and oxygen atoms in total. The summed E-state index contributed by atoms with van der Waals surface area (Å²) in [5, 5.41) is 9.06. The molecule has 0 bridgehead atoms. The summed E-state index contributed by atoms with van der Waals surface area (Å²) in [6.45, 7) is 0.302. The number of nitrogen functional groups attached to an aromatic ring is 1. The van der Waals surface area contributed by atoms with Gasteiger partial charge in [0.15, 0.2) is 0 Å². The van der Waals surface area contributed by atoms with Gasteiger partial charge in [-0.25, -0.2) is 0 Å². The Bertz CT molecular complexity index is 678. The van der Waals surface area contributed by atoms with Crippen LogP contribution in [0.4, 0.5) is 5.69 Å². The maximum Gasteiger partial charge on any atom is 0.146 e. The number of methoxy groups -OCH3 is 2. The Morgan fingerprint density at radius 1 is 1.05 bits per heavy atom. The third kappa shape index (κ3) is 3.37. The second kappa shape index (κ2) is 6.53. The summed E-state index contributed by atoms with van der Waals surface area (Å²) >= 11 is 0. The van der Waals surface area contributed by atoms with E-state index < -0.39 is 0 Å². The molecular weight excluding hydrogens is 268 g/mol. The molecule has 2 N–H and O–H groups in total. The van der Waals surface area contributed by atoms with E-state index in [9.17, 15) is 0 Å². The van der Waals surface area contributed by atoms with E-state index in [1.165, 1.54) is 7.11 Å². The molecule has 0 amide bonds. The zero-order valence-electron chi connectivity index (χ0n) is 11.9. The average Bonchev–Trinajstić information content (AvgIpc) is 2.53. The monoisotopic (exact) mass is 284 g/mol. The highest BCUT2D eigenvalue weighted by Crippen LogP contribution is 2.28. The minimum Gasteiger partial charge on any atom is -0.497 e. The Morgan fingerprint density at radius 2 is 1.86 bits per heavy atom. The second-order valence-electron chi connectivity index (χ2n) is 4.34. The van der Waals surface area contributed by atoms with E-state index >= 15 is 0 Å². The highest BCUT2D eigenvalue weighted by Gasteiger charge is 2.06. The van der Waals surface area contributed by atoms with Crippen LogP contribution in [0.1, 0.15) is 11.1 Å². The number of anilines is 1. The molecule has 0 atom stereocenters. The van der Waals surface area contributed by atoms with Crippen molar-refractivity contribution in [2.45, 2.75) is 6.61 Å². The van der Waals surface area contributed by atoms with Crippen molar-refractivity contribution in [3.05, 3.63) is 47.5 Å². The fraction of sp³-hybridized carbons (Fsp3) is 0.188. The van der Waals surface area contributed by atoms with Gasteiger partial charge in [0.2, 0.25) is 0 Å². The lowest BCUT2D eigenvalue weighted by Crippen LogP contribution is -2.00. The number of nitrogens with zero attached hydrogens (tertiary/aromatic N) is 1. The third-order valence-corrected chi connectivity index (χ3v) is 3.00. The Balaban J connectivity index is 2.15. The largest absolute Gasteiger partial charge is 0.497 e. The number of benzene rings is 2. The van der Waals surface area contributed by atoms with Crippen LogP contribution in [0.15, 0.2) is 36.4 Å². The molecule has 0 aliphatic carbocycles. The first-order valence-electron chi connectivity index (χ1n) is 6.31. The number of nitriles is 1. The van der Waals surface area contributed by atoms with Crippen LogP contribution in [-0.2, 0) is 6.61 Å². The van der Waals surface area contributed by atoms with Crippen LogP contribution in [0.5, 0.6) is 17.2 Å². The molecule has 0 unspecified atom stereocenters. The van der Waals surface area contributed by atoms with Crippen molar-refractivity contribution in [3.8, 4) is 23.3 Å². The van der Waals surface area contributed by atoms with Crippen LogP contribution in [0.3, 0.4) is 0 Å². The number of hydrogen-bond acceptors (Lipinski definition) is 5. The molecular formula is C16H16N2O3. The lowest BCUT2D eigenvalue weighted by Gasteiger charge is -2.11. The molecule has 0 radical (unpaired) electrons. The van der Waals surface area contributed by atoms with E-state index in [-0.39, 0.29) is 0 Å². The topological polar surface area (TPSA) is 77.5 Å². The zero-order valence-corrected chi connectivity index (χ0v) is 11.9. The van der Waals surface area contributed by atoms with Gasteiger partial charge in [-0.05, 0) is 29.8 Å². The molecule has 5 heteroatoms. The summed E-state index contributed by atoms with van der Waals surface area (Å²) in [5.74, 6) is 1.76. The molecule has 2 aromatic rings. The molecule has 0 aliphatic rings. The molecule has 2 rings (SSSR count). The Hall–Kier alpha value is -2.87. The fourth-order valence-electron chi connectivity index (χ4n) is 1.86. The van der Waals surface area contributed by atoms with Crippen LogP contribution in [0.2, 0.25) is 0 Å². The van der Waals surface area contributed by atoms with E-state index in [1.807, 2.05) is 6.07 Å². The number of ether oxygens (including phenoxy) is 3. The predicted octanol–water partition coefficient (Wildman–Crippen LogP) is 2.74.